The molecule has 0 N–H and O–H groups in total. The first-order chi connectivity index (χ1) is 10.6. The first-order valence-corrected chi connectivity index (χ1v) is 7.09. The van der Waals surface area contributed by atoms with Crippen molar-refractivity contribution in [1.29, 1.82) is 0 Å². The predicted octanol–water partition coefficient (Wildman–Crippen LogP) is 1.76. The molecule has 2 heterocycles. The monoisotopic (exact) mass is 299 g/mol. The predicted molar refractivity (Wildman–Crippen MR) is 81.3 cm³/mol. The summed E-state index contributed by atoms with van der Waals surface area (Å²) in [6.45, 7) is 2.94. The van der Waals surface area contributed by atoms with Gasteiger partial charge in [0.15, 0.2) is 17.3 Å². The molecule has 0 aliphatic carbocycles. The van der Waals surface area contributed by atoms with E-state index in [1.807, 2.05) is 31.2 Å². The van der Waals surface area contributed by atoms with E-state index in [2.05, 4.69) is 10.2 Å². The highest BCUT2D eigenvalue weighted by Gasteiger charge is 2.16. The zero-order chi connectivity index (χ0) is 15.5. The van der Waals surface area contributed by atoms with Gasteiger partial charge in [-0.3, -0.25) is 9.69 Å². The normalized spacial score (nSPS) is 12.8. The van der Waals surface area contributed by atoms with Crippen molar-refractivity contribution in [2.45, 2.75) is 13.3 Å². The third kappa shape index (κ3) is 3.00. The van der Waals surface area contributed by atoms with E-state index in [1.165, 1.54) is 4.90 Å². The average molecular weight is 299 g/mol. The zero-order valence-corrected chi connectivity index (χ0v) is 12.6. The fraction of sp³-hybridized carbons (Fsp3) is 0.312. The Morgan fingerprint density at radius 1 is 1.14 bits per heavy atom. The summed E-state index contributed by atoms with van der Waals surface area (Å²) >= 11 is 0. The molecule has 1 aliphatic heterocycles. The van der Waals surface area contributed by atoms with E-state index in [0.29, 0.717) is 24.8 Å². The number of likely N-dealkylation sites (N-methyl/N-ethyl adjacent to an activating group) is 1. The number of fused-ring (bicyclic) bond motifs is 1. The highest BCUT2D eigenvalue weighted by atomic mass is 16.6. The Morgan fingerprint density at radius 2 is 1.91 bits per heavy atom. The van der Waals surface area contributed by atoms with Crippen molar-refractivity contribution < 1.29 is 14.3 Å². The number of amides is 1. The molecule has 2 aromatic rings. The number of ether oxygens (including phenoxy) is 2. The molecule has 0 fully saturated rings. The molecule has 114 valence electrons. The van der Waals surface area contributed by atoms with Gasteiger partial charge >= 0.3 is 0 Å². The molecule has 1 aliphatic rings. The van der Waals surface area contributed by atoms with Gasteiger partial charge in [-0.25, -0.2) is 0 Å². The van der Waals surface area contributed by atoms with Crippen LogP contribution in [-0.4, -0.2) is 36.4 Å². The Kier molecular flexibility index (Phi) is 3.91. The fourth-order valence-electron chi connectivity index (χ4n) is 2.19. The van der Waals surface area contributed by atoms with Crippen LogP contribution in [0.2, 0.25) is 0 Å². The van der Waals surface area contributed by atoms with E-state index in [-0.39, 0.29) is 12.3 Å². The standard InChI is InChI=1S/C16H17N3O3/c1-11-3-6-15(18-17-11)19(2)16(20)10-12-4-5-13-14(9-12)22-8-7-21-13/h3-6,9H,7-8,10H2,1-2H3. The minimum Gasteiger partial charge on any atom is -0.486 e. The van der Waals surface area contributed by atoms with Gasteiger partial charge in [-0.1, -0.05) is 6.07 Å². The summed E-state index contributed by atoms with van der Waals surface area (Å²) in [6, 6.07) is 9.17. The van der Waals surface area contributed by atoms with Gasteiger partial charge < -0.3 is 9.47 Å². The van der Waals surface area contributed by atoms with Gasteiger partial charge in [0.1, 0.15) is 13.2 Å². The lowest BCUT2D eigenvalue weighted by atomic mass is 10.1. The number of aryl methyl sites for hydroxylation is 1. The number of benzene rings is 1. The lowest BCUT2D eigenvalue weighted by Gasteiger charge is -2.19. The first-order valence-electron chi connectivity index (χ1n) is 7.09. The van der Waals surface area contributed by atoms with Gasteiger partial charge in [-0.2, -0.15) is 5.10 Å². The lowest BCUT2D eigenvalue weighted by molar-refractivity contribution is -0.117. The van der Waals surface area contributed by atoms with E-state index in [1.54, 1.807) is 13.1 Å². The van der Waals surface area contributed by atoms with Crippen LogP contribution in [0.3, 0.4) is 0 Å². The second-order valence-corrected chi connectivity index (χ2v) is 5.14. The highest BCUT2D eigenvalue weighted by Crippen LogP contribution is 2.31. The molecule has 0 bridgehead atoms. The number of carbonyl (C=O) groups excluding carboxylic acids is 1. The maximum atomic E-state index is 12.4. The summed E-state index contributed by atoms with van der Waals surface area (Å²) in [6.07, 6.45) is 0.267. The van der Waals surface area contributed by atoms with Crippen molar-refractivity contribution in [3.8, 4) is 11.5 Å². The molecule has 22 heavy (non-hydrogen) atoms. The Labute approximate surface area is 128 Å². The third-order valence-corrected chi connectivity index (χ3v) is 3.46. The van der Waals surface area contributed by atoms with Crippen LogP contribution in [0.5, 0.6) is 11.5 Å². The van der Waals surface area contributed by atoms with Gasteiger partial charge in [0.25, 0.3) is 0 Å². The summed E-state index contributed by atoms with van der Waals surface area (Å²) in [5, 5.41) is 7.99. The number of hydrogen-bond donors (Lipinski definition) is 0. The fourth-order valence-corrected chi connectivity index (χ4v) is 2.19. The molecule has 1 aromatic heterocycles. The van der Waals surface area contributed by atoms with E-state index >= 15 is 0 Å². The molecule has 1 amide bonds. The largest absolute Gasteiger partial charge is 0.486 e. The van der Waals surface area contributed by atoms with E-state index in [0.717, 1.165) is 17.0 Å². The smallest absolute Gasteiger partial charge is 0.232 e. The summed E-state index contributed by atoms with van der Waals surface area (Å²) in [5.41, 5.74) is 1.69. The molecule has 0 radical (unpaired) electrons. The Morgan fingerprint density at radius 3 is 2.64 bits per heavy atom. The molecule has 0 spiro atoms. The molecule has 3 rings (SSSR count). The van der Waals surface area contributed by atoms with Crippen molar-refractivity contribution in [3.05, 3.63) is 41.6 Å². The van der Waals surface area contributed by atoms with Crippen molar-refractivity contribution in [3.63, 3.8) is 0 Å². The molecular weight excluding hydrogens is 282 g/mol. The Bertz CT molecular complexity index is 686. The van der Waals surface area contributed by atoms with Crippen molar-refractivity contribution in [2.75, 3.05) is 25.2 Å². The molecule has 6 nitrogen and oxygen atoms in total. The van der Waals surface area contributed by atoms with Gasteiger partial charge in [0.05, 0.1) is 12.1 Å². The minimum absolute atomic E-state index is 0.0603. The van der Waals surface area contributed by atoms with Gasteiger partial charge in [-0.15, -0.1) is 5.10 Å². The van der Waals surface area contributed by atoms with Crippen LogP contribution in [0.25, 0.3) is 0 Å². The second-order valence-electron chi connectivity index (χ2n) is 5.14. The molecular formula is C16H17N3O3. The van der Waals surface area contributed by atoms with Crippen LogP contribution < -0.4 is 14.4 Å². The Hall–Kier alpha value is -2.63. The van der Waals surface area contributed by atoms with Crippen LogP contribution in [0, 0.1) is 6.92 Å². The topological polar surface area (TPSA) is 64.6 Å². The number of carbonyl (C=O) groups is 1. The average Bonchev–Trinajstić information content (AvgIpc) is 2.55. The SMILES string of the molecule is Cc1ccc(N(C)C(=O)Cc2ccc3c(c2)OCCO3)nn1. The zero-order valence-electron chi connectivity index (χ0n) is 12.6. The number of anilines is 1. The summed E-state index contributed by atoms with van der Waals surface area (Å²) in [4.78, 5) is 13.9. The molecule has 0 saturated carbocycles. The number of rotatable bonds is 3. The van der Waals surface area contributed by atoms with Gasteiger partial charge in [0.2, 0.25) is 5.91 Å². The van der Waals surface area contributed by atoms with Gasteiger partial charge in [0, 0.05) is 7.05 Å². The van der Waals surface area contributed by atoms with E-state index in [4.69, 9.17) is 9.47 Å². The highest BCUT2D eigenvalue weighted by molar-refractivity contribution is 5.93. The first kappa shape index (κ1) is 14.3. The molecule has 1 aromatic carbocycles. The summed E-state index contributed by atoms with van der Waals surface area (Å²) < 4.78 is 11.0. The second kappa shape index (κ2) is 6.01. The van der Waals surface area contributed by atoms with Crippen molar-refractivity contribution in [1.82, 2.24) is 10.2 Å². The maximum absolute atomic E-state index is 12.4. The van der Waals surface area contributed by atoms with Crippen LogP contribution in [-0.2, 0) is 11.2 Å². The minimum atomic E-state index is -0.0603. The quantitative estimate of drug-likeness (QED) is 0.864. The molecule has 0 saturated heterocycles. The third-order valence-electron chi connectivity index (χ3n) is 3.46. The summed E-state index contributed by atoms with van der Waals surface area (Å²) in [7, 11) is 1.69. The number of nitrogens with zero attached hydrogens (tertiary/aromatic N) is 3. The van der Waals surface area contributed by atoms with Crippen molar-refractivity contribution >= 4 is 11.7 Å². The van der Waals surface area contributed by atoms with Crippen LogP contribution in [0.15, 0.2) is 30.3 Å². The lowest BCUT2D eigenvalue weighted by Crippen LogP contribution is -2.29. The maximum Gasteiger partial charge on any atom is 0.232 e. The van der Waals surface area contributed by atoms with Crippen LogP contribution in [0.4, 0.5) is 5.82 Å². The van der Waals surface area contributed by atoms with Crippen LogP contribution >= 0.6 is 0 Å². The van der Waals surface area contributed by atoms with Crippen molar-refractivity contribution in [2.24, 2.45) is 0 Å². The molecule has 6 heteroatoms. The van der Waals surface area contributed by atoms with Gasteiger partial charge in [-0.05, 0) is 36.8 Å². The van der Waals surface area contributed by atoms with E-state index in [9.17, 15) is 4.79 Å². The Balaban J connectivity index is 1.72. The summed E-state index contributed by atoms with van der Waals surface area (Å²) in [5.74, 6) is 1.89. The number of hydrogen-bond acceptors (Lipinski definition) is 5. The molecule has 0 atom stereocenters. The van der Waals surface area contributed by atoms with E-state index < -0.39 is 0 Å². The van der Waals surface area contributed by atoms with Crippen LogP contribution in [0.1, 0.15) is 11.3 Å². The number of aromatic nitrogens is 2. The molecule has 0 unspecified atom stereocenters.